The summed E-state index contributed by atoms with van der Waals surface area (Å²) in [7, 11) is 0. The third-order valence-electron chi connectivity index (χ3n) is 5.37. The van der Waals surface area contributed by atoms with Crippen LogP contribution in [0.3, 0.4) is 0 Å². The molecule has 2 amide bonds. The van der Waals surface area contributed by atoms with Gasteiger partial charge < -0.3 is 10.6 Å². The van der Waals surface area contributed by atoms with Crippen molar-refractivity contribution >= 4 is 17.5 Å². The summed E-state index contributed by atoms with van der Waals surface area (Å²) >= 11 is 0. The molecule has 1 aromatic heterocycles. The van der Waals surface area contributed by atoms with Crippen molar-refractivity contribution in [1.29, 1.82) is 0 Å². The van der Waals surface area contributed by atoms with Gasteiger partial charge in [-0.1, -0.05) is 66.7 Å². The molecule has 158 valence electrons. The van der Waals surface area contributed by atoms with Gasteiger partial charge in [0.2, 0.25) is 0 Å². The van der Waals surface area contributed by atoms with E-state index in [0.717, 1.165) is 11.1 Å². The van der Waals surface area contributed by atoms with Crippen molar-refractivity contribution in [1.82, 2.24) is 10.3 Å². The molecule has 0 saturated heterocycles. The number of nitrogens with one attached hydrogen (secondary N) is 2. The second-order valence-corrected chi connectivity index (χ2v) is 7.59. The third kappa shape index (κ3) is 4.57. The molecule has 0 aliphatic heterocycles. The lowest BCUT2D eigenvalue weighted by molar-refractivity contribution is 0.0918. The fraction of sp³-hybridized carbons (Fsp3) is 0.0741. The van der Waals surface area contributed by atoms with Crippen molar-refractivity contribution in [3.05, 3.63) is 132 Å². The van der Waals surface area contributed by atoms with E-state index in [-0.39, 0.29) is 11.8 Å². The zero-order valence-electron chi connectivity index (χ0n) is 17.7. The fourth-order valence-electron chi connectivity index (χ4n) is 3.59. The van der Waals surface area contributed by atoms with Crippen molar-refractivity contribution in [2.75, 3.05) is 5.32 Å². The second kappa shape index (κ2) is 9.27. The number of anilines is 1. The van der Waals surface area contributed by atoms with Crippen LogP contribution in [0, 0.1) is 0 Å². The highest BCUT2D eigenvalue weighted by Crippen LogP contribution is 2.29. The number of hydrogen-bond acceptors (Lipinski definition) is 3. The van der Waals surface area contributed by atoms with E-state index in [4.69, 9.17) is 0 Å². The maximum absolute atomic E-state index is 13.3. The molecule has 4 aromatic rings. The summed E-state index contributed by atoms with van der Waals surface area (Å²) in [6, 6.07) is 30.0. The van der Waals surface area contributed by atoms with E-state index in [1.807, 2.05) is 67.6 Å². The zero-order chi connectivity index (χ0) is 22.4. The Hall–Kier alpha value is -4.25. The molecule has 4 rings (SSSR count). The first-order valence-corrected chi connectivity index (χ1v) is 10.3. The lowest BCUT2D eigenvalue weighted by Crippen LogP contribution is -2.44. The van der Waals surface area contributed by atoms with Crippen molar-refractivity contribution < 1.29 is 9.59 Å². The molecule has 3 aromatic carbocycles. The van der Waals surface area contributed by atoms with E-state index >= 15 is 0 Å². The Morgan fingerprint density at radius 1 is 0.719 bits per heavy atom. The first-order valence-electron chi connectivity index (χ1n) is 10.3. The Bertz CT molecular complexity index is 1170. The van der Waals surface area contributed by atoms with Crippen LogP contribution in [-0.2, 0) is 5.54 Å². The van der Waals surface area contributed by atoms with Crippen LogP contribution in [0.1, 0.15) is 38.8 Å². The molecule has 0 fully saturated rings. The summed E-state index contributed by atoms with van der Waals surface area (Å²) in [6.07, 6.45) is 3.11. The van der Waals surface area contributed by atoms with Gasteiger partial charge in [-0.05, 0) is 48.4 Å². The average Bonchev–Trinajstić information content (AvgIpc) is 2.85. The number of carbonyl (C=O) groups is 2. The summed E-state index contributed by atoms with van der Waals surface area (Å²) in [4.78, 5) is 29.7. The van der Waals surface area contributed by atoms with Gasteiger partial charge in [0.05, 0.1) is 11.1 Å². The molecule has 5 heteroatoms. The molecular formula is C27H23N3O2. The van der Waals surface area contributed by atoms with Gasteiger partial charge >= 0.3 is 0 Å². The Morgan fingerprint density at radius 2 is 1.34 bits per heavy atom. The highest BCUT2D eigenvalue weighted by atomic mass is 16.2. The monoisotopic (exact) mass is 421 g/mol. The van der Waals surface area contributed by atoms with Crippen LogP contribution < -0.4 is 10.6 Å². The molecule has 0 aliphatic carbocycles. The predicted octanol–water partition coefficient (Wildman–Crippen LogP) is 5.03. The average molecular weight is 422 g/mol. The molecule has 0 radical (unpaired) electrons. The number of rotatable bonds is 6. The number of hydrogen-bond donors (Lipinski definition) is 2. The molecule has 2 N–H and O–H groups in total. The highest BCUT2D eigenvalue weighted by Gasteiger charge is 2.31. The third-order valence-corrected chi connectivity index (χ3v) is 5.37. The second-order valence-electron chi connectivity index (χ2n) is 7.59. The zero-order valence-corrected chi connectivity index (χ0v) is 17.7. The molecule has 1 heterocycles. The minimum absolute atomic E-state index is 0.238. The van der Waals surface area contributed by atoms with E-state index in [0.29, 0.717) is 16.8 Å². The standard InChI is InChI=1S/C27H23N3O2/c1-27(22-12-4-2-5-13-22,23-14-6-3-7-15-23)30-26(32)20-10-8-16-24(18-20)29-25(31)21-11-9-17-28-19-21/h2-19H,1H3,(H,29,31)(H,30,32). The normalized spacial score (nSPS) is 10.9. The van der Waals surface area contributed by atoms with Crippen LogP contribution in [0.4, 0.5) is 5.69 Å². The van der Waals surface area contributed by atoms with Gasteiger partial charge in [-0.2, -0.15) is 0 Å². The molecule has 0 aliphatic rings. The fourth-order valence-corrected chi connectivity index (χ4v) is 3.59. The minimum Gasteiger partial charge on any atom is -0.339 e. The topological polar surface area (TPSA) is 71.1 Å². The first-order chi connectivity index (χ1) is 15.6. The molecular weight excluding hydrogens is 398 g/mol. The number of aromatic nitrogens is 1. The largest absolute Gasteiger partial charge is 0.339 e. The Morgan fingerprint density at radius 3 is 1.94 bits per heavy atom. The summed E-state index contributed by atoms with van der Waals surface area (Å²) in [5, 5.41) is 6.01. The van der Waals surface area contributed by atoms with E-state index in [1.54, 1.807) is 42.6 Å². The van der Waals surface area contributed by atoms with E-state index < -0.39 is 5.54 Å². The highest BCUT2D eigenvalue weighted by molar-refractivity contribution is 6.05. The van der Waals surface area contributed by atoms with E-state index in [9.17, 15) is 9.59 Å². The lowest BCUT2D eigenvalue weighted by Gasteiger charge is -2.32. The molecule has 5 nitrogen and oxygen atoms in total. The van der Waals surface area contributed by atoms with Gasteiger partial charge in [-0.15, -0.1) is 0 Å². The van der Waals surface area contributed by atoms with Gasteiger partial charge in [-0.3, -0.25) is 14.6 Å². The maximum Gasteiger partial charge on any atom is 0.257 e. The van der Waals surface area contributed by atoms with Crippen LogP contribution in [0.5, 0.6) is 0 Å². The van der Waals surface area contributed by atoms with Crippen molar-refractivity contribution in [2.45, 2.75) is 12.5 Å². The van der Waals surface area contributed by atoms with Gasteiger partial charge in [0, 0.05) is 23.6 Å². The summed E-state index contributed by atoms with van der Waals surface area (Å²) in [5.41, 5.74) is 2.65. The smallest absolute Gasteiger partial charge is 0.257 e. The SMILES string of the molecule is CC(NC(=O)c1cccc(NC(=O)c2cccnc2)c1)(c1ccccc1)c1ccccc1. The number of amides is 2. The summed E-state index contributed by atoms with van der Waals surface area (Å²) in [6.45, 7) is 1.99. The number of pyridine rings is 1. The molecule has 0 unspecified atom stereocenters. The van der Waals surface area contributed by atoms with Crippen molar-refractivity contribution in [3.8, 4) is 0 Å². The van der Waals surface area contributed by atoms with Gasteiger partial charge in [-0.25, -0.2) is 0 Å². The Labute approximate surface area is 187 Å². The van der Waals surface area contributed by atoms with Crippen molar-refractivity contribution in [2.24, 2.45) is 0 Å². The van der Waals surface area contributed by atoms with Crippen molar-refractivity contribution in [3.63, 3.8) is 0 Å². The lowest BCUT2D eigenvalue weighted by atomic mass is 9.84. The summed E-state index contributed by atoms with van der Waals surface area (Å²) < 4.78 is 0. The molecule has 32 heavy (non-hydrogen) atoms. The van der Waals surface area contributed by atoms with Crippen LogP contribution in [-0.4, -0.2) is 16.8 Å². The number of benzene rings is 3. The predicted molar refractivity (Wildman–Crippen MR) is 125 cm³/mol. The molecule has 0 saturated carbocycles. The molecule has 0 spiro atoms. The van der Waals surface area contributed by atoms with Gasteiger partial charge in [0.1, 0.15) is 0 Å². The number of carbonyl (C=O) groups excluding carboxylic acids is 2. The number of nitrogens with zero attached hydrogens (tertiary/aromatic N) is 1. The van der Waals surface area contributed by atoms with Crippen LogP contribution in [0.15, 0.2) is 109 Å². The van der Waals surface area contributed by atoms with E-state index in [2.05, 4.69) is 15.6 Å². The first kappa shape index (κ1) is 21.0. The molecule has 0 bridgehead atoms. The Balaban J connectivity index is 1.59. The van der Waals surface area contributed by atoms with Gasteiger partial charge in [0.25, 0.3) is 11.8 Å². The van der Waals surface area contributed by atoms with Crippen LogP contribution in [0.25, 0.3) is 0 Å². The molecule has 0 atom stereocenters. The van der Waals surface area contributed by atoms with Crippen LogP contribution >= 0.6 is 0 Å². The minimum atomic E-state index is -0.728. The van der Waals surface area contributed by atoms with E-state index in [1.165, 1.54) is 6.20 Å². The Kier molecular flexibility index (Phi) is 6.08. The van der Waals surface area contributed by atoms with Crippen LogP contribution in [0.2, 0.25) is 0 Å². The van der Waals surface area contributed by atoms with Gasteiger partial charge in [0.15, 0.2) is 0 Å². The summed E-state index contributed by atoms with van der Waals surface area (Å²) in [5.74, 6) is -0.522. The quantitative estimate of drug-likeness (QED) is 0.459. The maximum atomic E-state index is 13.3.